The van der Waals surface area contributed by atoms with E-state index < -0.39 is 18.5 Å². The number of thioether (sulfide) groups is 1. The summed E-state index contributed by atoms with van der Waals surface area (Å²) in [6.07, 6.45) is 0.271. The normalized spacial score (nSPS) is 18.5. The van der Waals surface area contributed by atoms with Gasteiger partial charge in [0.2, 0.25) is 0 Å². The Balaban J connectivity index is 1.47. The Bertz CT molecular complexity index is 1650. The molecule has 3 aromatic rings. The highest BCUT2D eigenvalue weighted by Gasteiger charge is 2.48. The number of carbonyl (C=O) groups is 1. The number of hydrogen-bond acceptors (Lipinski definition) is 8. The Kier molecular flexibility index (Phi) is 9.65. The fraction of sp³-hybridized carbons (Fsp3) is 0.485. The Morgan fingerprint density at radius 1 is 1.20 bits per heavy atom. The van der Waals surface area contributed by atoms with Crippen LogP contribution in [0.5, 0.6) is 11.5 Å². The Morgan fingerprint density at radius 3 is 2.50 bits per heavy atom. The fourth-order valence-electron chi connectivity index (χ4n) is 6.10. The molecule has 4 heterocycles. The summed E-state index contributed by atoms with van der Waals surface area (Å²) in [4.78, 5) is 38.1. The van der Waals surface area contributed by atoms with E-state index in [0.29, 0.717) is 52.2 Å². The first-order valence-electron chi connectivity index (χ1n) is 15.3. The molecule has 2 N–H and O–H groups in total. The second-order valence-corrected chi connectivity index (χ2v) is 12.9. The molecule has 1 fully saturated rings. The van der Waals surface area contributed by atoms with Crippen LogP contribution in [-0.4, -0.2) is 72.2 Å². The van der Waals surface area contributed by atoms with E-state index in [1.807, 2.05) is 57.2 Å². The van der Waals surface area contributed by atoms with Crippen LogP contribution >= 0.6 is 11.8 Å². The molecule has 2 aliphatic rings. The monoisotopic (exact) mass is 659 g/mol. The maximum Gasteiger partial charge on any atom is 0.401 e. The molecule has 0 saturated carbocycles. The van der Waals surface area contributed by atoms with E-state index in [1.165, 1.54) is 16.7 Å². The Morgan fingerprint density at radius 2 is 1.89 bits per heavy atom. The SMILES string of the molecule is CCN(C)c1ccc(-c2cc(C(=O)NCc3c(SC)cc(C)[nH]c3=O)c(C)c3c2O[C@](C)(C2CCN(CC(F)(F)F)CC2)O3)cn1. The average molecular weight is 660 g/mol. The molecule has 9 nitrogen and oxygen atoms in total. The van der Waals surface area contributed by atoms with Crippen molar-refractivity contribution < 1.29 is 27.4 Å². The summed E-state index contributed by atoms with van der Waals surface area (Å²) in [5.41, 5.74) is 3.19. The van der Waals surface area contributed by atoms with Crippen LogP contribution in [0.1, 0.15) is 53.9 Å². The van der Waals surface area contributed by atoms with E-state index in [9.17, 15) is 22.8 Å². The molecule has 0 spiro atoms. The van der Waals surface area contributed by atoms with Gasteiger partial charge in [-0.15, -0.1) is 11.8 Å². The Labute approximate surface area is 270 Å². The van der Waals surface area contributed by atoms with Gasteiger partial charge in [0, 0.05) is 77.6 Å². The summed E-state index contributed by atoms with van der Waals surface area (Å²) in [6, 6.07) is 7.42. The number of H-pyrrole nitrogens is 1. The number of anilines is 1. The van der Waals surface area contributed by atoms with E-state index >= 15 is 0 Å². The zero-order valence-corrected chi connectivity index (χ0v) is 27.7. The van der Waals surface area contributed by atoms with E-state index in [1.54, 1.807) is 19.2 Å². The smallest absolute Gasteiger partial charge is 0.401 e. The van der Waals surface area contributed by atoms with Crippen molar-refractivity contribution in [2.45, 2.75) is 63.9 Å². The van der Waals surface area contributed by atoms with Gasteiger partial charge in [-0.05, 0) is 77.2 Å². The number of nitrogens with zero attached hydrogens (tertiary/aromatic N) is 3. The lowest BCUT2D eigenvalue weighted by atomic mass is 9.89. The van der Waals surface area contributed by atoms with Crippen LogP contribution in [0, 0.1) is 19.8 Å². The molecule has 1 saturated heterocycles. The molecular formula is C33H40F3N5O4S. The molecule has 0 bridgehead atoms. The number of fused-ring (bicyclic) bond motifs is 1. The summed E-state index contributed by atoms with van der Waals surface area (Å²) < 4.78 is 52.1. The number of aromatic nitrogens is 2. The summed E-state index contributed by atoms with van der Waals surface area (Å²) in [5.74, 6) is -0.0386. The quantitative estimate of drug-likeness (QED) is 0.273. The van der Waals surface area contributed by atoms with Crippen molar-refractivity contribution in [3.8, 4) is 22.6 Å². The van der Waals surface area contributed by atoms with Gasteiger partial charge < -0.3 is 24.7 Å². The molecule has 1 atom stereocenters. The third kappa shape index (κ3) is 7.00. The van der Waals surface area contributed by atoms with Crippen LogP contribution in [0.25, 0.3) is 11.1 Å². The summed E-state index contributed by atoms with van der Waals surface area (Å²) in [5, 5.41) is 2.91. The van der Waals surface area contributed by atoms with Crippen LogP contribution in [0.4, 0.5) is 19.0 Å². The number of ether oxygens (including phenoxy) is 2. The number of carbonyl (C=O) groups excluding carboxylic acids is 1. The van der Waals surface area contributed by atoms with Crippen LogP contribution in [0.15, 0.2) is 40.2 Å². The molecule has 2 aliphatic heterocycles. The van der Waals surface area contributed by atoms with E-state index in [4.69, 9.17) is 9.47 Å². The van der Waals surface area contributed by atoms with Crippen molar-refractivity contribution >= 4 is 23.5 Å². The van der Waals surface area contributed by atoms with Crippen LogP contribution in [-0.2, 0) is 6.54 Å². The predicted molar refractivity (Wildman–Crippen MR) is 173 cm³/mol. The van der Waals surface area contributed by atoms with Crippen molar-refractivity contribution in [3.05, 3.63) is 63.2 Å². The number of pyridine rings is 2. The molecular weight excluding hydrogens is 619 g/mol. The summed E-state index contributed by atoms with van der Waals surface area (Å²) in [7, 11) is 1.94. The highest BCUT2D eigenvalue weighted by atomic mass is 32.2. The van der Waals surface area contributed by atoms with Crippen LogP contribution in [0.3, 0.4) is 0 Å². The Hall–Kier alpha value is -3.71. The van der Waals surface area contributed by atoms with E-state index in [2.05, 4.69) is 15.3 Å². The molecule has 2 aromatic heterocycles. The largest absolute Gasteiger partial charge is 0.448 e. The lowest BCUT2D eigenvalue weighted by molar-refractivity contribution is -0.159. The van der Waals surface area contributed by atoms with Crippen molar-refractivity contribution in [1.29, 1.82) is 0 Å². The predicted octanol–water partition coefficient (Wildman–Crippen LogP) is 5.92. The molecule has 0 aliphatic carbocycles. The van der Waals surface area contributed by atoms with Gasteiger partial charge in [0.05, 0.1) is 6.54 Å². The van der Waals surface area contributed by atoms with Gasteiger partial charge in [-0.2, -0.15) is 13.2 Å². The number of alkyl halides is 3. The number of nitrogens with one attached hydrogen (secondary N) is 2. The van der Waals surface area contributed by atoms with Gasteiger partial charge in [-0.3, -0.25) is 14.5 Å². The maximum atomic E-state index is 13.7. The molecule has 1 aromatic carbocycles. The second kappa shape index (κ2) is 13.2. The highest BCUT2D eigenvalue weighted by molar-refractivity contribution is 7.98. The molecule has 5 rings (SSSR count). The molecule has 1 amide bonds. The first kappa shape index (κ1) is 33.6. The van der Waals surface area contributed by atoms with E-state index in [-0.39, 0.29) is 37.0 Å². The minimum Gasteiger partial charge on any atom is -0.448 e. The highest BCUT2D eigenvalue weighted by Crippen LogP contribution is 2.52. The van der Waals surface area contributed by atoms with Gasteiger partial charge in [-0.1, -0.05) is 0 Å². The fourth-order valence-corrected chi connectivity index (χ4v) is 6.81. The third-order valence-corrected chi connectivity index (χ3v) is 9.67. The lowest BCUT2D eigenvalue weighted by Gasteiger charge is -2.39. The maximum absolute atomic E-state index is 13.7. The number of likely N-dealkylation sites (tertiary alicyclic amines) is 1. The third-order valence-electron chi connectivity index (χ3n) is 8.87. The molecule has 0 radical (unpaired) electrons. The number of halogens is 3. The van der Waals surface area contributed by atoms with Crippen molar-refractivity contribution in [2.24, 2.45) is 5.92 Å². The number of benzene rings is 1. The standard InChI is InChI=1S/C33H40F3N5O4S/c1-7-40(5)27-9-8-21(16-37-27)24-15-23(30(42)38-17-25-26(46-6)14-19(2)39-31(25)43)20(3)28-29(24)45-32(4,44-28)22-10-12-41(13-11-22)18-33(34,35)36/h8-9,14-16,22H,7,10-13,17-18H2,1-6H3,(H,38,42)(H,39,43)/t32-/m1/s1. The molecule has 248 valence electrons. The van der Waals surface area contributed by atoms with Crippen molar-refractivity contribution in [3.63, 3.8) is 0 Å². The number of aryl methyl sites for hydroxylation is 1. The zero-order chi connectivity index (χ0) is 33.4. The minimum absolute atomic E-state index is 0.0294. The van der Waals surface area contributed by atoms with Gasteiger partial charge in [-0.25, -0.2) is 4.98 Å². The van der Waals surface area contributed by atoms with Crippen molar-refractivity contribution in [1.82, 2.24) is 20.2 Å². The number of amides is 1. The number of aromatic amines is 1. The van der Waals surface area contributed by atoms with Gasteiger partial charge >= 0.3 is 6.18 Å². The first-order chi connectivity index (χ1) is 21.7. The molecule has 0 unspecified atom stereocenters. The van der Waals surface area contributed by atoms with Gasteiger partial charge in [0.25, 0.3) is 17.3 Å². The number of piperidine rings is 1. The summed E-state index contributed by atoms with van der Waals surface area (Å²) in [6.45, 7) is 7.83. The number of rotatable bonds is 9. The number of hydrogen-bond donors (Lipinski definition) is 2. The van der Waals surface area contributed by atoms with Gasteiger partial charge in [0.15, 0.2) is 11.5 Å². The second-order valence-electron chi connectivity index (χ2n) is 12.1. The first-order valence-corrected chi connectivity index (χ1v) is 16.5. The molecule has 13 heteroatoms. The van der Waals surface area contributed by atoms with Gasteiger partial charge in [0.1, 0.15) is 5.82 Å². The summed E-state index contributed by atoms with van der Waals surface area (Å²) >= 11 is 1.43. The average Bonchev–Trinajstić information content (AvgIpc) is 3.38. The topological polar surface area (TPSA) is 99.8 Å². The van der Waals surface area contributed by atoms with Crippen molar-refractivity contribution in [2.75, 3.05) is 44.4 Å². The van der Waals surface area contributed by atoms with Crippen LogP contribution in [0.2, 0.25) is 0 Å². The minimum atomic E-state index is -4.25. The lowest BCUT2D eigenvalue weighted by Crippen LogP contribution is -2.49. The van der Waals surface area contributed by atoms with Crippen LogP contribution < -0.4 is 25.2 Å². The van der Waals surface area contributed by atoms with E-state index in [0.717, 1.165) is 23.0 Å². The zero-order valence-electron chi connectivity index (χ0n) is 26.9. The molecule has 46 heavy (non-hydrogen) atoms.